The van der Waals surface area contributed by atoms with Crippen LogP contribution in [0.4, 0.5) is 5.69 Å². The first-order valence-corrected chi connectivity index (χ1v) is 7.38. The van der Waals surface area contributed by atoms with Gasteiger partial charge in [-0.1, -0.05) is 30.7 Å². The second-order valence-electron chi connectivity index (χ2n) is 3.49. The lowest BCUT2D eigenvalue weighted by atomic mass is 10.2. The lowest BCUT2D eigenvalue weighted by Crippen LogP contribution is -3.00. The second-order valence-corrected chi connectivity index (χ2v) is 4.74. The van der Waals surface area contributed by atoms with E-state index in [1.165, 1.54) is 11.8 Å². The van der Waals surface area contributed by atoms with Gasteiger partial charge in [-0.15, -0.1) is 0 Å². The molecule has 0 aliphatic heterocycles. The van der Waals surface area contributed by atoms with E-state index in [1.807, 2.05) is 38.3 Å². The van der Waals surface area contributed by atoms with Crippen molar-refractivity contribution >= 4 is 40.2 Å². The molecule has 0 fully saturated rings. The Hall–Kier alpha value is -0.710. The van der Waals surface area contributed by atoms with Crippen molar-refractivity contribution < 1.29 is 29.0 Å². The lowest BCUT2D eigenvalue weighted by Gasteiger charge is -1.99. The zero-order chi connectivity index (χ0) is 16.1. The predicted octanol–water partition coefficient (Wildman–Crippen LogP) is -3.15. The van der Waals surface area contributed by atoms with E-state index in [1.54, 1.807) is 0 Å². The van der Waals surface area contributed by atoms with Gasteiger partial charge < -0.3 is 41.2 Å². The van der Waals surface area contributed by atoms with E-state index in [0.29, 0.717) is 10.2 Å². The van der Waals surface area contributed by atoms with Crippen LogP contribution in [0.3, 0.4) is 0 Å². The molecule has 21 heavy (non-hydrogen) atoms. The summed E-state index contributed by atoms with van der Waals surface area (Å²) < 4.78 is 0. The predicted molar refractivity (Wildman–Crippen MR) is 90.4 cm³/mol. The van der Waals surface area contributed by atoms with Crippen LogP contribution in [-0.4, -0.2) is 23.9 Å². The van der Waals surface area contributed by atoms with Crippen molar-refractivity contribution in [3.63, 3.8) is 0 Å². The van der Waals surface area contributed by atoms with Gasteiger partial charge in [-0.3, -0.25) is 11.1 Å². The average molecular weight is 447 g/mol. The Morgan fingerprint density at radius 1 is 1.33 bits per heavy atom. The quantitative estimate of drug-likeness (QED) is 0.153. The molecule has 0 saturated heterocycles. The fourth-order valence-corrected chi connectivity index (χ4v) is 1.44. The molecular formula is C12H24ClIN6S. The molecule has 0 unspecified atom stereocenters. The Morgan fingerprint density at radius 2 is 1.76 bits per heavy atom. The number of hydrogen-bond donors (Lipinski definition) is 6. The molecular weight excluding hydrogens is 423 g/mol. The molecule has 6 nitrogen and oxygen atoms in total. The Bertz CT molecular complexity index is 418. The number of nitrogens with two attached hydrogens (primary N) is 4. The van der Waals surface area contributed by atoms with E-state index < -0.39 is 0 Å². The summed E-state index contributed by atoms with van der Waals surface area (Å²) in [5, 5.41) is 7.40. The van der Waals surface area contributed by atoms with Gasteiger partial charge in [0.05, 0.1) is 5.02 Å². The van der Waals surface area contributed by atoms with Gasteiger partial charge in [0.2, 0.25) is 0 Å². The molecule has 0 aromatic heterocycles. The van der Waals surface area contributed by atoms with Crippen molar-refractivity contribution in [2.24, 2.45) is 22.9 Å². The Labute approximate surface area is 152 Å². The van der Waals surface area contributed by atoms with Crippen molar-refractivity contribution in [3.05, 3.63) is 28.8 Å². The van der Waals surface area contributed by atoms with E-state index in [4.69, 9.17) is 28.5 Å². The molecule has 0 bridgehead atoms. The maximum atomic E-state index is 6.06. The summed E-state index contributed by atoms with van der Waals surface area (Å²) in [6.07, 6.45) is 1.91. The highest BCUT2D eigenvalue weighted by molar-refractivity contribution is 8.12. The number of aryl methyl sites for hydroxylation is 1. The van der Waals surface area contributed by atoms with Crippen LogP contribution in [0, 0.1) is 12.3 Å². The van der Waals surface area contributed by atoms with Crippen LogP contribution >= 0.6 is 23.4 Å². The molecule has 0 aliphatic rings. The number of benzene rings is 1. The van der Waals surface area contributed by atoms with Crippen molar-refractivity contribution in [2.75, 3.05) is 12.8 Å². The first kappa shape index (κ1) is 25.3. The maximum Gasteiger partial charge on any atom is 0.306 e. The van der Waals surface area contributed by atoms with Crippen LogP contribution in [0.5, 0.6) is 0 Å². The van der Waals surface area contributed by atoms with Crippen molar-refractivity contribution in [1.29, 1.82) is 5.41 Å². The van der Waals surface area contributed by atoms with E-state index in [9.17, 15) is 0 Å². The number of guanidine groups is 1. The van der Waals surface area contributed by atoms with Gasteiger partial charge in [0, 0.05) is 0 Å². The molecule has 0 radical (unpaired) electrons. The molecule has 1 rings (SSSR count). The third-order valence-corrected chi connectivity index (χ3v) is 2.55. The van der Waals surface area contributed by atoms with Gasteiger partial charge in [0.15, 0.2) is 5.96 Å². The topological polar surface area (TPSA) is 142 Å². The molecule has 122 valence electrons. The highest BCUT2D eigenvalue weighted by atomic mass is 127. The summed E-state index contributed by atoms with van der Waals surface area (Å²) in [6, 6.07) is 5.74. The monoisotopic (exact) mass is 446 g/mol. The first-order valence-electron chi connectivity index (χ1n) is 5.78. The van der Waals surface area contributed by atoms with Gasteiger partial charge in [-0.2, -0.15) is 0 Å². The Balaban J connectivity index is -0.000000344. The number of thioether (sulfide) groups is 1. The maximum absolute atomic E-state index is 6.06. The molecule has 10 N–H and O–H groups in total. The number of amidine groups is 1. The molecule has 0 heterocycles. The van der Waals surface area contributed by atoms with Crippen molar-refractivity contribution in [2.45, 2.75) is 13.8 Å². The highest BCUT2D eigenvalue weighted by Gasteiger charge is 2.05. The van der Waals surface area contributed by atoms with Crippen molar-refractivity contribution in [1.82, 2.24) is 0 Å². The summed E-state index contributed by atoms with van der Waals surface area (Å²) in [7, 11) is 0. The van der Waals surface area contributed by atoms with Gasteiger partial charge in [-0.25, -0.2) is 4.99 Å². The lowest BCUT2D eigenvalue weighted by molar-refractivity contribution is -0.351. The van der Waals surface area contributed by atoms with Crippen LogP contribution in [0.1, 0.15) is 12.5 Å². The second kappa shape index (κ2) is 15.7. The van der Waals surface area contributed by atoms with Crippen LogP contribution in [0.25, 0.3) is 0 Å². The number of hydrogen-bond acceptors (Lipinski definition) is 3. The summed E-state index contributed by atoms with van der Waals surface area (Å²) in [4.78, 5) is 3.05. The minimum absolute atomic E-state index is 0. The Kier molecular flexibility index (Phi) is 18.9. The number of nitrogens with one attached hydrogen (secondary N) is 2. The number of rotatable bonds is 1. The Morgan fingerprint density at radius 3 is 2.10 bits per heavy atom. The highest BCUT2D eigenvalue weighted by Crippen LogP contribution is 2.19. The minimum Gasteiger partial charge on any atom is -1.00 e. The SMILES string of the molecule is CCN.CSC(N)=[NH+]c1c(C)cccc1Cl.N=C(N)N.[I-]. The summed E-state index contributed by atoms with van der Waals surface area (Å²) >= 11 is 7.45. The van der Waals surface area contributed by atoms with Crippen LogP contribution in [-0.2, 0) is 0 Å². The third-order valence-electron chi connectivity index (χ3n) is 1.69. The van der Waals surface area contributed by atoms with Gasteiger partial charge in [0.1, 0.15) is 5.69 Å². The smallest absolute Gasteiger partial charge is 0.306 e. The largest absolute Gasteiger partial charge is 1.00 e. The standard InChI is InChI=1S/C9H11ClN2S.C2H7N.CH5N3.HI/c1-6-4-3-5-7(10)8(6)12-9(11)13-2;1-2-3;2-1(3)4;/h3-5H,1-2H3,(H2,11,12);2-3H2,1H3;(H5,2,3,4);1H. The molecule has 0 atom stereocenters. The van der Waals surface area contributed by atoms with Gasteiger partial charge >= 0.3 is 5.17 Å². The van der Waals surface area contributed by atoms with Crippen LogP contribution < -0.4 is 51.9 Å². The van der Waals surface area contributed by atoms with E-state index in [2.05, 4.69) is 16.5 Å². The third kappa shape index (κ3) is 15.5. The normalized spacial score (nSPS) is 9.29. The average Bonchev–Trinajstić information content (AvgIpc) is 2.34. The zero-order valence-electron chi connectivity index (χ0n) is 12.4. The molecule has 0 aliphatic carbocycles. The fraction of sp³-hybridized carbons (Fsp3) is 0.333. The number of halogens is 2. The van der Waals surface area contributed by atoms with E-state index >= 15 is 0 Å². The molecule has 0 amide bonds. The zero-order valence-corrected chi connectivity index (χ0v) is 16.1. The summed E-state index contributed by atoms with van der Waals surface area (Å²) in [6.45, 7) is 4.64. The van der Waals surface area contributed by atoms with Crippen LogP contribution in [0.2, 0.25) is 5.02 Å². The van der Waals surface area contributed by atoms with Crippen molar-refractivity contribution in [3.8, 4) is 0 Å². The fourth-order valence-electron chi connectivity index (χ4n) is 0.964. The molecule has 0 saturated carbocycles. The van der Waals surface area contributed by atoms with Gasteiger partial charge in [0.25, 0.3) is 0 Å². The minimum atomic E-state index is -0.333. The van der Waals surface area contributed by atoms with Gasteiger partial charge in [-0.05, 0) is 43.1 Å². The van der Waals surface area contributed by atoms with E-state index in [-0.39, 0.29) is 29.9 Å². The summed E-state index contributed by atoms with van der Waals surface area (Å²) in [5.41, 5.74) is 21.4. The summed E-state index contributed by atoms with van der Waals surface area (Å²) in [5.74, 6) is -0.333. The molecule has 1 aromatic carbocycles. The number of para-hydroxylation sites is 1. The molecule has 1 aromatic rings. The molecule has 0 spiro atoms. The van der Waals surface area contributed by atoms with E-state index in [0.717, 1.165) is 17.8 Å². The van der Waals surface area contributed by atoms with Crippen LogP contribution in [0.15, 0.2) is 18.2 Å². The molecule has 9 heteroatoms. The first-order chi connectivity index (χ1) is 9.29.